The van der Waals surface area contributed by atoms with Crippen molar-refractivity contribution >= 4 is 32.8 Å². The highest BCUT2D eigenvalue weighted by Crippen LogP contribution is 2.28. The maximum atomic E-state index is 12.9. The topological polar surface area (TPSA) is 59.5 Å². The van der Waals surface area contributed by atoms with E-state index in [-0.39, 0.29) is 5.76 Å². The summed E-state index contributed by atoms with van der Waals surface area (Å²) >= 11 is 3.12. The molecule has 0 aliphatic carbocycles. The first kappa shape index (κ1) is 15.5. The molecule has 3 saturated heterocycles. The van der Waals surface area contributed by atoms with E-state index in [9.17, 15) is 9.18 Å². The van der Waals surface area contributed by atoms with Gasteiger partial charge in [-0.1, -0.05) is 0 Å². The molecule has 6 heteroatoms. The standard InChI is InChI=1S/C9H5BrFNO2.C7H13N/c10-6-3-5(11)1-4-2-7(9(12)13)14-8(4)6;1-4-8-5-2-7(1)3-6-8/h1-3H,(H2,12,13);7H,1-6H2. The lowest BCUT2D eigenvalue weighted by Crippen LogP contribution is -2.41. The molecule has 4 nitrogen and oxygen atoms in total. The van der Waals surface area contributed by atoms with Crippen LogP contribution in [0, 0.1) is 11.7 Å². The van der Waals surface area contributed by atoms with Crippen molar-refractivity contribution in [2.75, 3.05) is 19.6 Å². The van der Waals surface area contributed by atoms with Gasteiger partial charge in [-0.2, -0.15) is 0 Å². The van der Waals surface area contributed by atoms with Crippen molar-refractivity contribution in [1.29, 1.82) is 0 Å². The van der Waals surface area contributed by atoms with Crippen molar-refractivity contribution in [1.82, 2.24) is 4.90 Å². The minimum absolute atomic E-state index is 0.0197. The molecule has 3 fully saturated rings. The van der Waals surface area contributed by atoms with Gasteiger partial charge in [-0.3, -0.25) is 4.79 Å². The summed E-state index contributed by atoms with van der Waals surface area (Å²) in [7, 11) is 0. The molecule has 0 saturated carbocycles. The normalized spacial score (nSPS) is 23.2. The summed E-state index contributed by atoms with van der Waals surface area (Å²) in [6, 6.07) is 3.94. The molecule has 2 aromatic rings. The summed E-state index contributed by atoms with van der Waals surface area (Å²) in [5.41, 5.74) is 5.44. The van der Waals surface area contributed by atoms with E-state index in [1.807, 2.05) is 0 Å². The molecule has 4 heterocycles. The number of fused-ring (bicyclic) bond motifs is 4. The van der Waals surface area contributed by atoms with Crippen LogP contribution in [0.25, 0.3) is 11.0 Å². The predicted octanol–water partition coefficient (Wildman–Crippen LogP) is 3.54. The predicted molar refractivity (Wildman–Crippen MR) is 86.2 cm³/mol. The van der Waals surface area contributed by atoms with Crippen LogP contribution in [-0.4, -0.2) is 30.4 Å². The summed E-state index contributed by atoms with van der Waals surface area (Å²) < 4.78 is 18.5. The third-order valence-electron chi connectivity index (χ3n) is 4.34. The Labute approximate surface area is 136 Å². The van der Waals surface area contributed by atoms with Gasteiger partial charge in [-0.15, -0.1) is 0 Å². The third-order valence-corrected chi connectivity index (χ3v) is 4.93. The SMILES string of the molecule is C1CN2CCC1CC2.NC(=O)c1cc2cc(F)cc(Br)c2o1. The van der Waals surface area contributed by atoms with Crippen LogP contribution in [0.2, 0.25) is 0 Å². The van der Waals surface area contributed by atoms with E-state index in [2.05, 4.69) is 20.8 Å². The van der Waals surface area contributed by atoms with Gasteiger partial charge in [-0.25, -0.2) is 4.39 Å². The summed E-state index contributed by atoms with van der Waals surface area (Å²) in [6.07, 6.45) is 4.46. The van der Waals surface area contributed by atoms with Crippen LogP contribution in [-0.2, 0) is 0 Å². The zero-order valence-corrected chi connectivity index (χ0v) is 13.7. The van der Waals surface area contributed by atoms with Gasteiger partial charge in [0.15, 0.2) is 5.76 Å². The molecule has 0 unspecified atom stereocenters. The number of hydrogen-bond donors (Lipinski definition) is 1. The maximum absolute atomic E-state index is 12.9. The van der Waals surface area contributed by atoms with E-state index in [4.69, 9.17) is 10.2 Å². The Bertz CT molecular complexity index is 670. The number of rotatable bonds is 1. The van der Waals surface area contributed by atoms with Crippen molar-refractivity contribution in [3.8, 4) is 0 Å². The summed E-state index contributed by atoms with van der Waals surface area (Å²) in [6.45, 7) is 4.18. The zero-order chi connectivity index (χ0) is 15.7. The Balaban J connectivity index is 0.000000151. The van der Waals surface area contributed by atoms with Crippen LogP contribution in [0.1, 0.15) is 29.8 Å². The number of amides is 1. The van der Waals surface area contributed by atoms with Gasteiger partial charge < -0.3 is 15.1 Å². The molecule has 1 amide bonds. The lowest BCUT2D eigenvalue weighted by atomic mass is 9.89. The molecular weight excluding hydrogens is 351 g/mol. The van der Waals surface area contributed by atoms with Crippen molar-refractivity contribution in [3.63, 3.8) is 0 Å². The van der Waals surface area contributed by atoms with E-state index in [1.54, 1.807) is 0 Å². The quantitative estimate of drug-likeness (QED) is 0.837. The van der Waals surface area contributed by atoms with E-state index in [0.717, 1.165) is 5.92 Å². The number of halogens is 2. The molecule has 118 valence electrons. The number of primary amides is 1. The van der Waals surface area contributed by atoms with Crippen LogP contribution >= 0.6 is 15.9 Å². The average Bonchev–Trinajstić information content (AvgIpc) is 2.94. The van der Waals surface area contributed by atoms with Gasteiger partial charge in [0.2, 0.25) is 0 Å². The van der Waals surface area contributed by atoms with Crippen LogP contribution in [0.15, 0.2) is 27.1 Å². The fourth-order valence-electron chi connectivity index (χ4n) is 3.06. The zero-order valence-electron chi connectivity index (χ0n) is 12.1. The molecule has 1 aromatic heterocycles. The number of furan rings is 1. The number of nitrogens with zero attached hydrogens (tertiary/aromatic N) is 1. The fourth-order valence-corrected chi connectivity index (χ4v) is 3.59. The molecule has 22 heavy (non-hydrogen) atoms. The van der Waals surface area contributed by atoms with Crippen molar-refractivity contribution in [2.24, 2.45) is 11.7 Å². The van der Waals surface area contributed by atoms with Gasteiger partial charge in [0, 0.05) is 5.39 Å². The van der Waals surface area contributed by atoms with Crippen LogP contribution in [0.3, 0.4) is 0 Å². The Kier molecular flexibility index (Phi) is 4.49. The van der Waals surface area contributed by atoms with E-state index in [1.165, 1.54) is 57.1 Å². The van der Waals surface area contributed by atoms with Crippen LogP contribution in [0.4, 0.5) is 4.39 Å². The second-order valence-corrected chi connectivity index (χ2v) is 6.71. The number of carbonyl (C=O) groups excluding carboxylic acids is 1. The Hall–Kier alpha value is -1.40. The number of nitrogens with two attached hydrogens (primary N) is 1. The summed E-state index contributed by atoms with van der Waals surface area (Å²) in [5.74, 6) is 0.0565. The first-order chi connectivity index (χ1) is 10.5. The Morgan fingerprint density at radius 3 is 2.32 bits per heavy atom. The minimum atomic E-state index is -0.673. The molecule has 2 N–H and O–H groups in total. The fraction of sp³-hybridized carbons (Fsp3) is 0.438. The van der Waals surface area contributed by atoms with E-state index >= 15 is 0 Å². The summed E-state index contributed by atoms with van der Waals surface area (Å²) in [4.78, 5) is 13.4. The molecule has 0 atom stereocenters. The molecule has 2 bridgehead atoms. The molecule has 0 spiro atoms. The highest BCUT2D eigenvalue weighted by molar-refractivity contribution is 9.10. The van der Waals surface area contributed by atoms with E-state index in [0.29, 0.717) is 15.4 Å². The maximum Gasteiger partial charge on any atom is 0.284 e. The highest BCUT2D eigenvalue weighted by atomic mass is 79.9. The third kappa shape index (κ3) is 3.33. The Morgan fingerprint density at radius 2 is 1.86 bits per heavy atom. The smallest absolute Gasteiger partial charge is 0.284 e. The summed E-state index contributed by atoms with van der Waals surface area (Å²) in [5, 5.41) is 0.505. The van der Waals surface area contributed by atoms with Crippen molar-refractivity contribution < 1.29 is 13.6 Å². The van der Waals surface area contributed by atoms with Gasteiger partial charge in [0.05, 0.1) is 4.47 Å². The number of benzene rings is 1. The van der Waals surface area contributed by atoms with Crippen LogP contribution in [0.5, 0.6) is 0 Å². The monoisotopic (exact) mass is 368 g/mol. The lowest BCUT2D eigenvalue weighted by molar-refractivity contribution is 0.0976. The minimum Gasteiger partial charge on any atom is -0.450 e. The molecule has 3 aliphatic heterocycles. The molecule has 0 radical (unpaired) electrons. The first-order valence-electron chi connectivity index (χ1n) is 7.43. The van der Waals surface area contributed by atoms with Gasteiger partial charge in [-0.05, 0) is 78.9 Å². The van der Waals surface area contributed by atoms with Crippen molar-refractivity contribution in [2.45, 2.75) is 19.3 Å². The second-order valence-electron chi connectivity index (χ2n) is 5.85. The number of hydrogen-bond acceptors (Lipinski definition) is 3. The highest BCUT2D eigenvalue weighted by Gasteiger charge is 2.24. The van der Waals surface area contributed by atoms with Crippen LogP contribution < -0.4 is 5.73 Å². The number of piperidine rings is 3. The second kappa shape index (κ2) is 6.38. The lowest BCUT2D eigenvalue weighted by Gasteiger charge is -2.38. The molecule has 3 aliphatic rings. The van der Waals surface area contributed by atoms with Gasteiger partial charge in [0.1, 0.15) is 11.4 Å². The molecule has 1 aromatic carbocycles. The average molecular weight is 369 g/mol. The molecule has 5 rings (SSSR count). The van der Waals surface area contributed by atoms with Crippen molar-refractivity contribution in [3.05, 3.63) is 34.2 Å². The Morgan fingerprint density at radius 1 is 1.23 bits per heavy atom. The van der Waals surface area contributed by atoms with E-state index < -0.39 is 11.7 Å². The first-order valence-corrected chi connectivity index (χ1v) is 8.23. The van der Waals surface area contributed by atoms with Gasteiger partial charge in [0.25, 0.3) is 5.91 Å². The number of carbonyl (C=O) groups is 1. The van der Waals surface area contributed by atoms with Gasteiger partial charge >= 0.3 is 0 Å². The largest absolute Gasteiger partial charge is 0.450 e. The molecular formula is C16H18BrFN2O2.